The summed E-state index contributed by atoms with van der Waals surface area (Å²) in [6.07, 6.45) is 2.97. The molecule has 0 bridgehead atoms. The molecule has 0 saturated heterocycles. The standard InChI is InChI=1S/C16H15F2N3O2/c1-10-4-5-11-3-2-8-21(14(11)20-10)15(22)12-6-7-13(19-9-12)23-16(17)18/h4-7,9,16H,2-3,8H2,1H3. The molecule has 7 heteroatoms. The van der Waals surface area contributed by atoms with E-state index in [4.69, 9.17) is 0 Å². The van der Waals surface area contributed by atoms with Gasteiger partial charge in [0.05, 0.1) is 5.56 Å². The zero-order valence-corrected chi connectivity index (χ0v) is 12.5. The van der Waals surface area contributed by atoms with Gasteiger partial charge in [-0.1, -0.05) is 6.07 Å². The van der Waals surface area contributed by atoms with E-state index in [0.717, 1.165) is 24.1 Å². The van der Waals surface area contributed by atoms with Crippen LogP contribution in [0, 0.1) is 6.92 Å². The fraction of sp³-hybridized carbons (Fsp3) is 0.312. The number of anilines is 1. The Kier molecular flexibility index (Phi) is 4.18. The first-order valence-electron chi connectivity index (χ1n) is 7.24. The van der Waals surface area contributed by atoms with Crippen molar-refractivity contribution in [3.8, 4) is 5.88 Å². The van der Waals surface area contributed by atoms with Crippen molar-refractivity contribution in [1.29, 1.82) is 0 Å². The fourth-order valence-corrected chi connectivity index (χ4v) is 2.56. The Morgan fingerprint density at radius 1 is 1.30 bits per heavy atom. The lowest BCUT2D eigenvalue weighted by Gasteiger charge is -2.28. The lowest BCUT2D eigenvalue weighted by atomic mass is 10.0. The second kappa shape index (κ2) is 6.28. The monoisotopic (exact) mass is 319 g/mol. The summed E-state index contributed by atoms with van der Waals surface area (Å²) in [7, 11) is 0. The summed E-state index contributed by atoms with van der Waals surface area (Å²) in [5.74, 6) is 0.193. The van der Waals surface area contributed by atoms with E-state index in [0.29, 0.717) is 17.9 Å². The van der Waals surface area contributed by atoms with E-state index in [1.165, 1.54) is 18.3 Å². The Hall–Kier alpha value is -2.57. The van der Waals surface area contributed by atoms with E-state index < -0.39 is 6.61 Å². The molecule has 2 aromatic rings. The number of rotatable bonds is 3. The number of nitrogens with zero attached hydrogens (tertiary/aromatic N) is 3. The molecular formula is C16H15F2N3O2. The molecule has 3 rings (SSSR count). The molecule has 5 nitrogen and oxygen atoms in total. The van der Waals surface area contributed by atoms with Crippen LogP contribution in [0.5, 0.6) is 5.88 Å². The molecule has 0 aromatic carbocycles. The minimum absolute atomic E-state index is 0.218. The molecule has 1 aliphatic heterocycles. The molecule has 0 saturated carbocycles. The SMILES string of the molecule is Cc1ccc2c(n1)N(C(=O)c1ccc(OC(F)F)nc1)CCC2. The number of fused-ring (bicyclic) bond motifs is 1. The molecule has 0 radical (unpaired) electrons. The number of aromatic nitrogens is 2. The van der Waals surface area contributed by atoms with Crippen LogP contribution in [-0.2, 0) is 6.42 Å². The molecule has 0 N–H and O–H groups in total. The molecule has 1 amide bonds. The second-order valence-corrected chi connectivity index (χ2v) is 5.26. The van der Waals surface area contributed by atoms with Crippen molar-refractivity contribution in [3.05, 3.63) is 47.3 Å². The Morgan fingerprint density at radius 2 is 2.13 bits per heavy atom. The highest BCUT2D eigenvalue weighted by molar-refractivity contribution is 6.06. The normalized spacial score (nSPS) is 13.8. The first-order valence-corrected chi connectivity index (χ1v) is 7.24. The Bertz CT molecular complexity index is 720. The van der Waals surface area contributed by atoms with E-state index in [-0.39, 0.29) is 11.8 Å². The number of hydrogen-bond donors (Lipinski definition) is 0. The molecule has 120 valence electrons. The van der Waals surface area contributed by atoms with Gasteiger partial charge < -0.3 is 4.74 Å². The van der Waals surface area contributed by atoms with Gasteiger partial charge in [0.2, 0.25) is 5.88 Å². The summed E-state index contributed by atoms with van der Waals surface area (Å²) in [6.45, 7) is -0.502. The molecule has 0 unspecified atom stereocenters. The maximum Gasteiger partial charge on any atom is 0.388 e. The molecule has 0 aliphatic carbocycles. The van der Waals surface area contributed by atoms with E-state index >= 15 is 0 Å². The third kappa shape index (κ3) is 3.28. The molecule has 23 heavy (non-hydrogen) atoms. The van der Waals surface area contributed by atoms with Crippen LogP contribution in [0.15, 0.2) is 30.5 Å². The highest BCUT2D eigenvalue weighted by atomic mass is 19.3. The van der Waals surface area contributed by atoms with Gasteiger partial charge in [0.25, 0.3) is 5.91 Å². The minimum Gasteiger partial charge on any atom is -0.417 e. The number of hydrogen-bond acceptors (Lipinski definition) is 4. The maximum absolute atomic E-state index is 12.7. The van der Waals surface area contributed by atoms with Crippen molar-refractivity contribution in [2.75, 3.05) is 11.4 Å². The van der Waals surface area contributed by atoms with Crippen molar-refractivity contribution in [3.63, 3.8) is 0 Å². The highest BCUT2D eigenvalue weighted by Crippen LogP contribution is 2.27. The molecule has 0 fully saturated rings. The van der Waals surface area contributed by atoms with Crippen LogP contribution in [0.3, 0.4) is 0 Å². The Balaban J connectivity index is 1.85. The topological polar surface area (TPSA) is 55.3 Å². The van der Waals surface area contributed by atoms with Gasteiger partial charge in [-0.2, -0.15) is 8.78 Å². The van der Waals surface area contributed by atoms with Crippen molar-refractivity contribution < 1.29 is 18.3 Å². The van der Waals surface area contributed by atoms with Gasteiger partial charge >= 0.3 is 6.61 Å². The number of amides is 1. The molecule has 2 aromatic heterocycles. The van der Waals surface area contributed by atoms with Gasteiger partial charge in [-0.05, 0) is 37.5 Å². The van der Waals surface area contributed by atoms with E-state index in [2.05, 4.69) is 14.7 Å². The van der Waals surface area contributed by atoms with Gasteiger partial charge in [-0.15, -0.1) is 0 Å². The quantitative estimate of drug-likeness (QED) is 0.873. The zero-order chi connectivity index (χ0) is 16.4. The molecule has 1 aliphatic rings. The van der Waals surface area contributed by atoms with Gasteiger partial charge in [0.15, 0.2) is 0 Å². The lowest BCUT2D eigenvalue weighted by molar-refractivity contribution is -0.0528. The van der Waals surface area contributed by atoms with Crippen molar-refractivity contribution in [1.82, 2.24) is 9.97 Å². The molecule has 3 heterocycles. The van der Waals surface area contributed by atoms with E-state index in [9.17, 15) is 13.6 Å². The summed E-state index contributed by atoms with van der Waals surface area (Å²) < 4.78 is 28.4. The summed E-state index contributed by atoms with van der Waals surface area (Å²) >= 11 is 0. The summed E-state index contributed by atoms with van der Waals surface area (Å²) in [5.41, 5.74) is 2.17. The van der Waals surface area contributed by atoms with Crippen LogP contribution in [-0.4, -0.2) is 29.0 Å². The second-order valence-electron chi connectivity index (χ2n) is 5.26. The number of pyridine rings is 2. The average molecular weight is 319 g/mol. The zero-order valence-electron chi connectivity index (χ0n) is 12.5. The van der Waals surface area contributed by atoms with Crippen LogP contribution in [0.2, 0.25) is 0 Å². The fourth-order valence-electron chi connectivity index (χ4n) is 2.56. The maximum atomic E-state index is 12.7. The van der Waals surface area contributed by atoms with Gasteiger partial charge in [-0.3, -0.25) is 9.69 Å². The lowest BCUT2D eigenvalue weighted by Crippen LogP contribution is -2.36. The van der Waals surface area contributed by atoms with Gasteiger partial charge in [0, 0.05) is 24.5 Å². The number of alkyl halides is 2. The van der Waals surface area contributed by atoms with Crippen molar-refractivity contribution in [2.24, 2.45) is 0 Å². The van der Waals surface area contributed by atoms with Crippen LogP contribution in [0.25, 0.3) is 0 Å². The third-order valence-corrected chi connectivity index (χ3v) is 3.62. The number of ether oxygens (including phenoxy) is 1. The number of aryl methyl sites for hydroxylation is 2. The predicted molar refractivity (Wildman–Crippen MR) is 79.8 cm³/mol. The molecule has 0 atom stereocenters. The summed E-state index contributed by atoms with van der Waals surface area (Å²) in [5, 5.41) is 0. The summed E-state index contributed by atoms with van der Waals surface area (Å²) in [6, 6.07) is 6.59. The molecular weight excluding hydrogens is 304 g/mol. The Morgan fingerprint density at radius 3 is 2.83 bits per heavy atom. The van der Waals surface area contributed by atoms with Crippen LogP contribution in [0.1, 0.15) is 28.0 Å². The Labute approximate surface area is 131 Å². The molecule has 0 spiro atoms. The van der Waals surface area contributed by atoms with E-state index in [1.54, 1.807) is 4.90 Å². The smallest absolute Gasteiger partial charge is 0.388 e. The largest absolute Gasteiger partial charge is 0.417 e. The highest BCUT2D eigenvalue weighted by Gasteiger charge is 2.25. The van der Waals surface area contributed by atoms with Gasteiger partial charge in [-0.25, -0.2) is 9.97 Å². The van der Waals surface area contributed by atoms with E-state index in [1.807, 2.05) is 19.1 Å². The first kappa shape index (κ1) is 15.3. The number of carbonyl (C=O) groups is 1. The van der Waals surface area contributed by atoms with Crippen LogP contribution in [0.4, 0.5) is 14.6 Å². The summed E-state index contributed by atoms with van der Waals surface area (Å²) in [4.78, 5) is 22.5. The minimum atomic E-state index is -2.94. The third-order valence-electron chi connectivity index (χ3n) is 3.62. The van der Waals surface area contributed by atoms with Gasteiger partial charge in [0.1, 0.15) is 5.82 Å². The number of carbonyl (C=O) groups excluding carboxylic acids is 1. The average Bonchev–Trinajstić information content (AvgIpc) is 2.54. The van der Waals surface area contributed by atoms with Crippen molar-refractivity contribution in [2.45, 2.75) is 26.4 Å². The van der Waals surface area contributed by atoms with Crippen LogP contribution < -0.4 is 9.64 Å². The number of halogens is 2. The first-order chi connectivity index (χ1) is 11.0. The predicted octanol–water partition coefficient (Wildman–Crippen LogP) is 2.98. The van der Waals surface area contributed by atoms with Crippen LogP contribution >= 0.6 is 0 Å². The van der Waals surface area contributed by atoms with Crippen molar-refractivity contribution >= 4 is 11.7 Å².